The van der Waals surface area contributed by atoms with Gasteiger partial charge in [0.05, 0.1) is 18.1 Å². The predicted molar refractivity (Wildman–Crippen MR) is 80.1 cm³/mol. The van der Waals surface area contributed by atoms with E-state index in [1.807, 2.05) is 0 Å². The van der Waals surface area contributed by atoms with Gasteiger partial charge in [-0.25, -0.2) is 0 Å². The first-order chi connectivity index (χ1) is 10.5. The van der Waals surface area contributed by atoms with Crippen molar-refractivity contribution in [3.8, 4) is 11.5 Å². The topological polar surface area (TPSA) is 81.9 Å². The molecule has 1 aliphatic heterocycles. The number of nitro groups is 1. The standard InChI is InChI=1S/C15H20N2O5/c1-11-4-3-7-16(9-11)15(18)10-22-14-8-12(17(19)20)5-6-13(14)21-2/h5-6,8,11H,3-4,7,9-10H2,1-2H3. The van der Waals surface area contributed by atoms with Crippen molar-refractivity contribution >= 4 is 11.6 Å². The van der Waals surface area contributed by atoms with E-state index in [0.717, 1.165) is 25.9 Å². The molecule has 22 heavy (non-hydrogen) atoms. The lowest BCUT2D eigenvalue weighted by Crippen LogP contribution is -2.41. The number of ether oxygens (including phenoxy) is 2. The molecule has 0 N–H and O–H groups in total. The number of nitrogens with zero attached hydrogens (tertiary/aromatic N) is 2. The molecule has 0 radical (unpaired) electrons. The summed E-state index contributed by atoms with van der Waals surface area (Å²) in [6, 6.07) is 4.06. The van der Waals surface area contributed by atoms with Crippen molar-refractivity contribution < 1.29 is 19.2 Å². The van der Waals surface area contributed by atoms with Gasteiger partial charge in [0, 0.05) is 19.2 Å². The van der Waals surface area contributed by atoms with Gasteiger partial charge in [0.15, 0.2) is 18.1 Å². The van der Waals surface area contributed by atoms with E-state index in [2.05, 4.69) is 6.92 Å². The predicted octanol–water partition coefficient (Wildman–Crippen LogP) is 2.24. The van der Waals surface area contributed by atoms with Crippen molar-refractivity contribution in [2.24, 2.45) is 5.92 Å². The first-order valence-electron chi connectivity index (χ1n) is 7.24. The van der Waals surface area contributed by atoms with Crippen LogP contribution in [0.2, 0.25) is 0 Å². The van der Waals surface area contributed by atoms with Gasteiger partial charge in [-0.1, -0.05) is 6.92 Å². The van der Waals surface area contributed by atoms with Gasteiger partial charge >= 0.3 is 0 Å². The van der Waals surface area contributed by atoms with Crippen LogP contribution in [0.25, 0.3) is 0 Å². The molecule has 7 heteroatoms. The third kappa shape index (κ3) is 3.87. The summed E-state index contributed by atoms with van der Waals surface area (Å²) < 4.78 is 10.6. The zero-order valence-electron chi connectivity index (χ0n) is 12.8. The maximum Gasteiger partial charge on any atom is 0.273 e. The quantitative estimate of drug-likeness (QED) is 0.615. The van der Waals surface area contributed by atoms with E-state index in [1.54, 1.807) is 4.90 Å². The highest BCUT2D eigenvalue weighted by molar-refractivity contribution is 5.78. The zero-order valence-corrected chi connectivity index (χ0v) is 12.8. The molecule has 0 spiro atoms. The minimum atomic E-state index is -0.513. The number of carbonyl (C=O) groups excluding carboxylic acids is 1. The molecule has 1 saturated heterocycles. The Morgan fingerprint density at radius 1 is 1.45 bits per heavy atom. The lowest BCUT2D eigenvalue weighted by molar-refractivity contribution is -0.385. The molecule has 120 valence electrons. The Morgan fingerprint density at radius 2 is 2.23 bits per heavy atom. The summed E-state index contributed by atoms with van der Waals surface area (Å²) in [7, 11) is 1.45. The van der Waals surface area contributed by atoms with Crippen molar-refractivity contribution in [3.05, 3.63) is 28.3 Å². The SMILES string of the molecule is COc1ccc([N+](=O)[O-])cc1OCC(=O)N1CCCC(C)C1. The maximum atomic E-state index is 12.2. The fourth-order valence-corrected chi connectivity index (χ4v) is 2.54. The van der Waals surface area contributed by atoms with Crippen LogP contribution in [-0.2, 0) is 4.79 Å². The average molecular weight is 308 g/mol. The zero-order chi connectivity index (χ0) is 16.1. The maximum absolute atomic E-state index is 12.2. The Labute approximate surface area is 129 Å². The van der Waals surface area contributed by atoms with Crippen LogP contribution in [0.3, 0.4) is 0 Å². The first kappa shape index (κ1) is 16.1. The van der Waals surface area contributed by atoms with Crippen molar-refractivity contribution in [2.45, 2.75) is 19.8 Å². The van der Waals surface area contributed by atoms with Crippen LogP contribution < -0.4 is 9.47 Å². The second-order valence-corrected chi connectivity index (χ2v) is 5.47. The summed E-state index contributed by atoms with van der Waals surface area (Å²) in [5.41, 5.74) is -0.102. The van der Waals surface area contributed by atoms with E-state index in [1.165, 1.54) is 25.3 Å². The molecule has 1 aromatic rings. The molecule has 1 aromatic carbocycles. The number of nitro benzene ring substituents is 1. The summed E-state index contributed by atoms with van der Waals surface area (Å²) in [6.45, 7) is 3.43. The van der Waals surface area contributed by atoms with Gasteiger partial charge in [-0.3, -0.25) is 14.9 Å². The number of hydrogen-bond acceptors (Lipinski definition) is 5. The summed E-state index contributed by atoms with van der Waals surface area (Å²) in [6.07, 6.45) is 2.12. The average Bonchev–Trinajstić information content (AvgIpc) is 2.52. The number of benzene rings is 1. The third-order valence-electron chi connectivity index (χ3n) is 3.72. The number of methoxy groups -OCH3 is 1. The number of amides is 1. The molecular weight excluding hydrogens is 288 g/mol. The molecular formula is C15H20N2O5. The van der Waals surface area contributed by atoms with Crippen LogP contribution in [0.1, 0.15) is 19.8 Å². The number of rotatable bonds is 5. The van der Waals surface area contributed by atoms with Gasteiger partial charge in [0.25, 0.3) is 11.6 Å². The van der Waals surface area contributed by atoms with E-state index in [0.29, 0.717) is 11.7 Å². The largest absolute Gasteiger partial charge is 0.493 e. The van der Waals surface area contributed by atoms with E-state index >= 15 is 0 Å². The lowest BCUT2D eigenvalue weighted by atomic mass is 10.0. The van der Waals surface area contributed by atoms with Crippen LogP contribution >= 0.6 is 0 Å². The molecule has 1 aliphatic rings. The number of carbonyl (C=O) groups is 1. The number of likely N-dealkylation sites (tertiary alicyclic amines) is 1. The summed E-state index contributed by atoms with van der Waals surface area (Å²) >= 11 is 0. The Balaban J connectivity index is 2.02. The molecule has 0 aromatic heterocycles. The smallest absolute Gasteiger partial charge is 0.273 e. The Bertz CT molecular complexity index is 561. The molecule has 1 atom stereocenters. The van der Waals surface area contributed by atoms with Gasteiger partial charge in [-0.15, -0.1) is 0 Å². The second-order valence-electron chi connectivity index (χ2n) is 5.47. The molecule has 1 heterocycles. The van der Waals surface area contributed by atoms with Crippen molar-refractivity contribution in [1.29, 1.82) is 0 Å². The number of piperidine rings is 1. The molecule has 1 fully saturated rings. The van der Waals surface area contributed by atoms with Gasteiger partial charge < -0.3 is 14.4 Å². The van der Waals surface area contributed by atoms with Crippen LogP contribution in [0.5, 0.6) is 11.5 Å². The van der Waals surface area contributed by atoms with E-state index in [4.69, 9.17) is 9.47 Å². The lowest BCUT2D eigenvalue weighted by Gasteiger charge is -2.30. The number of non-ortho nitro benzene ring substituents is 1. The van der Waals surface area contributed by atoms with Gasteiger partial charge in [0.1, 0.15) is 0 Å². The minimum absolute atomic E-state index is 0.102. The monoisotopic (exact) mass is 308 g/mol. The second kappa shape index (κ2) is 7.11. The van der Waals surface area contributed by atoms with Crippen LogP contribution in [0.15, 0.2) is 18.2 Å². The van der Waals surface area contributed by atoms with E-state index in [9.17, 15) is 14.9 Å². The van der Waals surface area contributed by atoms with Gasteiger partial charge in [0.2, 0.25) is 0 Å². The summed E-state index contributed by atoms with van der Waals surface area (Å²) in [4.78, 5) is 24.2. The highest BCUT2D eigenvalue weighted by atomic mass is 16.6. The van der Waals surface area contributed by atoms with E-state index < -0.39 is 4.92 Å². The Hall–Kier alpha value is -2.31. The fourth-order valence-electron chi connectivity index (χ4n) is 2.54. The van der Waals surface area contributed by atoms with Crippen LogP contribution in [0.4, 0.5) is 5.69 Å². The van der Waals surface area contributed by atoms with Crippen LogP contribution in [-0.4, -0.2) is 42.5 Å². The first-order valence-corrected chi connectivity index (χ1v) is 7.24. The highest BCUT2D eigenvalue weighted by Gasteiger charge is 2.22. The molecule has 1 amide bonds. The normalized spacial score (nSPS) is 17.9. The number of hydrogen-bond donors (Lipinski definition) is 0. The molecule has 0 saturated carbocycles. The van der Waals surface area contributed by atoms with Crippen molar-refractivity contribution in [1.82, 2.24) is 4.90 Å². The summed E-state index contributed by atoms with van der Waals surface area (Å²) in [5.74, 6) is 0.950. The minimum Gasteiger partial charge on any atom is -0.493 e. The fraction of sp³-hybridized carbons (Fsp3) is 0.533. The molecule has 0 bridgehead atoms. The highest BCUT2D eigenvalue weighted by Crippen LogP contribution is 2.31. The van der Waals surface area contributed by atoms with Gasteiger partial charge in [-0.05, 0) is 24.8 Å². The van der Waals surface area contributed by atoms with Crippen molar-refractivity contribution in [3.63, 3.8) is 0 Å². The Kier molecular flexibility index (Phi) is 5.19. The summed E-state index contributed by atoms with van der Waals surface area (Å²) in [5, 5.41) is 10.8. The third-order valence-corrected chi connectivity index (χ3v) is 3.72. The van der Waals surface area contributed by atoms with Crippen molar-refractivity contribution in [2.75, 3.05) is 26.8 Å². The molecule has 7 nitrogen and oxygen atoms in total. The molecule has 1 unspecified atom stereocenters. The van der Waals surface area contributed by atoms with Crippen LogP contribution in [0, 0.1) is 16.0 Å². The van der Waals surface area contributed by atoms with E-state index in [-0.39, 0.29) is 24.0 Å². The molecule has 0 aliphatic carbocycles. The Morgan fingerprint density at radius 3 is 2.86 bits per heavy atom. The van der Waals surface area contributed by atoms with Gasteiger partial charge in [-0.2, -0.15) is 0 Å². The molecule has 2 rings (SSSR count).